The molecule has 0 spiro atoms. The van der Waals surface area contributed by atoms with Crippen LogP contribution in [0.1, 0.15) is 56.5 Å². The molecule has 168 valence electrons. The molecule has 1 aromatic carbocycles. The lowest BCUT2D eigenvalue weighted by Gasteiger charge is -2.32. The van der Waals surface area contributed by atoms with E-state index < -0.39 is 17.7 Å². The minimum Gasteiger partial charge on any atom is -0.377 e. The lowest BCUT2D eigenvalue weighted by Crippen LogP contribution is -2.27. The van der Waals surface area contributed by atoms with Gasteiger partial charge in [0, 0.05) is 22.9 Å². The standard InChI is InChI=1S/C24H24F4N4/c1-12-10-29-19(24(26,27)28)9-15(12)16-7-14(25)8-17-21(16)31-20(13-5-6-13)18-11-30-32(22(17)18)23(2,3)4/h7-11,13,20,31H,5-6H2,1-4H3. The third-order valence-corrected chi connectivity index (χ3v) is 6.20. The summed E-state index contributed by atoms with van der Waals surface area (Å²) < 4.78 is 57.0. The number of rotatable bonds is 2. The van der Waals surface area contributed by atoms with Crippen LogP contribution in [-0.4, -0.2) is 14.8 Å². The number of halogens is 4. The lowest BCUT2D eigenvalue weighted by atomic mass is 9.87. The van der Waals surface area contributed by atoms with Gasteiger partial charge >= 0.3 is 6.18 Å². The van der Waals surface area contributed by atoms with Crippen molar-refractivity contribution in [3.63, 3.8) is 0 Å². The summed E-state index contributed by atoms with van der Waals surface area (Å²) in [5.41, 5.74) is 3.02. The maximum atomic E-state index is 14.9. The van der Waals surface area contributed by atoms with Gasteiger partial charge in [0.25, 0.3) is 0 Å². The molecule has 0 amide bonds. The van der Waals surface area contributed by atoms with Crippen molar-refractivity contribution in [1.82, 2.24) is 14.8 Å². The molecule has 1 aliphatic carbocycles. The Morgan fingerprint density at radius 3 is 2.31 bits per heavy atom. The molecule has 1 fully saturated rings. The SMILES string of the molecule is Cc1cnc(C(F)(F)F)cc1-c1cc(F)cc2c1NC(C1CC1)c1cnn(C(C)(C)C)c1-2. The number of benzene rings is 1. The third kappa shape index (κ3) is 3.36. The fraction of sp³-hybridized carbons (Fsp3) is 0.417. The number of anilines is 1. The number of hydrogen-bond donors (Lipinski definition) is 1. The van der Waals surface area contributed by atoms with Crippen molar-refractivity contribution < 1.29 is 17.6 Å². The molecule has 3 heterocycles. The Bertz CT molecular complexity index is 1220. The molecule has 3 aromatic rings. The first-order chi connectivity index (χ1) is 14.9. The molecule has 1 atom stereocenters. The van der Waals surface area contributed by atoms with Gasteiger partial charge in [-0.25, -0.2) is 4.39 Å². The van der Waals surface area contributed by atoms with E-state index in [9.17, 15) is 17.6 Å². The van der Waals surface area contributed by atoms with Gasteiger partial charge in [-0.1, -0.05) is 0 Å². The summed E-state index contributed by atoms with van der Waals surface area (Å²) in [6.07, 6.45) is 0.579. The van der Waals surface area contributed by atoms with Gasteiger partial charge in [0.15, 0.2) is 0 Å². The number of alkyl halides is 3. The average Bonchev–Trinajstić information content (AvgIpc) is 3.42. The van der Waals surface area contributed by atoms with E-state index in [0.717, 1.165) is 30.2 Å². The van der Waals surface area contributed by atoms with Crippen LogP contribution in [0.2, 0.25) is 0 Å². The van der Waals surface area contributed by atoms with Crippen LogP contribution >= 0.6 is 0 Å². The van der Waals surface area contributed by atoms with E-state index in [1.165, 1.54) is 18.3 Å². The molecule has 8 heteroatoms. The van der Waals surface area contributed by atoms with Crippen molar-refractivity contribution in [2.45, 2.75) is 58.3 Å². The molecule has 2 aromatic heterocycles. The second kappa shape index (κ2) is 6.80. The van der Waals surface area contributed by atoms with Crippen molar-refractivity contribution in [2.75, 3.05) is 5.32 Å². The minimum absolute atomic E-state index is 0.0120. The van der Waals surface area contributed by atoms with Crippen LogP contribution in [0.5, 0.6) is 0 Å². The fourth-order valence-corrected chi connectivity index (χ4v) is 4.53. The Balaban J connectivity index is 1.79. The zero-order valence-electron chi connectivity index (χ0n) is 18.3. The van der Waals surface area contributed by atoms with Gasteiger partial charge in [-0.3, -0.25) is 9.67 Å². The van der Waals surface area contributed by atoms with Crippen LogP contribution < -0.4 is 5.32 Å². The maximum absolute atomic E-state index is 14.9. The largest absolute Gasteiger partial charge is 0.433 e. The molecule has 32 heavy (non-hydrogen) atoms. The first-order valence-corrected chi connectivity index (χ1v) is 10.7. The fourth-order valence-electron chi connectivity index (χ4n) is 4.53. The molecule has 5 rings (SSSR count). The topological polar surface area (TPSA) is 42.7 Å². The molecule has 1 unspecified atom stereocenters. The van der Waals surface area contributed by atoms with E-state index in [0.29, 0.717) is 33.9 Å². The van der Waals surface area contributed by atoms with E-state index in [-0.39, 0.29) is 11.6 Å². The van der Waals surface area contributed by atoms with Gasteiger partial charge in [-0.2, -0.15) is 18.3 Å². The number of aromatic nitrogens is 3. The Hall–Kier alpha value is -2.90. The summed E-state index contributed by atoms with van der Waals surface area (Å²) in [4.78, 5) is 3.54. The van der Waals surface area contributed by atoms with Crippen molar-refractivity contribution in [3.8, 4) is 22.4 Å². The number of aryl methyl sites for hydroxylation is 1. The second-order valence-corrected chi connectivity index (χ2v) is 9.75. The van der Waals surface area contributed by atoms with E-state index in [1.807, 2.05) is 31.6 Å². The van der Waals surface area contributed by atoms with Crippen molar-refractivity contribution >= 4 is 5.69 Å². The van der Waals surface area contributed by atoms with Crippen LogP contribution in [0.15, 0.2) is 30.6 Å². The number of hydrogen-bond acceptors (Lipinski definition) is 3. The predicted octanol–water partition coefficient (Wildman–Crippen LogP) is 6.71. The highest BCUT2D eigenvalue weighted by molar-refractivity contribution is 5.93. The summed E-state index contributed by atoms with van der Waals surface area (Å²) in [6.45, 7) is 7.76. The molecule has 0 saturated heterocycles. The molecular formula is C24H24F4N4. The second-order valence-electron chi connectivity index (χ2n) is 9.75. The van der Waals surface area contributed by atoms with E-state index in [2.05, 4.69) is 15.4 Å². The number of pyridine rings is 1. The molecule has 1 saturated carbocycles. The van der Waals surface area contributed by atoms with Crippen molar-refractivity contribution in [1.29, 1.82) is 0 Å². The average molecular weight is 444 g/mol. The molecule has 1 N–H and O–H groups in total. The predicted molar refractivity (Wildman–Crippen MR) is 115 cm³/mol. The van der Waals surface area contributed by atoms with Crippen LogP contribution in [0, 0.1) is 18.7 Å². The summed E-state index contributed by atoms with van der Waals surface area (Å²) in [6, 6.07) is 3.75. The van der Waals surface area contributed by atoms with Gasteiger partial charge in [-0.15, -0.1) is 0 Å². The zero-order valence-corrected chi connectivity index (χ0v) is 18.3. The Morgan fingerprint density at radius 1 is 1.00 bits per heavy atom. The minimum atomic E-state index is -4.59. The summed E-state index contributed by atoms with van der Waals surface area (Å²) in [5, 5.41) is 8.16. The Kier molecular flexibility index (Phi) is 4.45. The van der Waals surface area contributed by atoms with E-state index in [1.54, 1.807) is 6.92 Å². The quantitative estimate of drug-likeness (QED) is 0.447. The lowest BCUT2D eigenvalue weighted by molar-refractivity contribution is -0.141. The van der Waals surface area contributed by atoms with E-state index >= 15 is 0 Å². The Morgan fingerprint density at radius 2 is 1.69 bits per heavy atom. The van der Waals surface area contributed by atoms with Gasteiger partial charge in [0.2, 0.25) is 0 Å². The van der Waals surface area contributed by atoms with Gasteiger partial charge < -0.3 is 5.32 Å². The normalized spacial score (nSPS) is 18.2. The van der Waals surface area contributed by atoms with E-state index in [4.69, 9.17) is 0 Å². The first kappa shape index (κ1) is 21.0. The van der Waals surface area contributed by atoms with Gasteiger partial charge in [-0.05, 0) is 75.8 Å². The molecular weight excluding hydrogens is 420 g/mol. The van der Waals surface area contributed by atoms with Crippen LogP contribution in [0.4, 0.5) is 23.2 Å². The number of nitrogens with zero attached hydrogens (tertiary/aromatic N) is 3. The zero-order chi connectivity index (χ0) is 23.0. The summed E-state index contributed by atoms with van der Waals surface area (Å²) in [5.74, 6) is -0.0931. The molecule has 4 nitrogen and oxygen atoms in total. The highest BCUT2D eigenvalue weighted by Gasteiger charge is 2.41. The van der Waals surface area contributed by atoms with Gasteiger partial charge in [0.1, 0.15) is 11.5 Å². The molecule has 0 bridgehead atoms. The molecule has 0 radical (unpaired) electrons. The summed E-state index contributed by atoms with van der Waals surface area (Å²) >= 11 is 0. The first-order valence-electron chi connectivity index (χ1n) is 10.7. The monoisotopic (exact) mass is 444 g/mol. The molecule has 2 aliphatic rings. The number of nitrogens with one attached hydrogen (secondary N) is 1. The van der Waals surface area contributed by atoms with Crippen LogP contribution in [0.25, 0.3) is 22.4 Å². The van der Waals surface area contributed by atoms with Crippen molar-refractivity contribution in [3.05, 3.63) is 53.2 Å². The maximum Gasteiger partial charge on any atom is 0.433 e. The third-order valence-electron chi connectivity index (χ3n) is 6.20. The number of fused-ring (bicyclic) bond motifs is 3. The van der Waals surface area contributed by atoms with Crippen LogP contribution in [0.3, 0.4) is 0 Å². The Labute approximate surface area is 183 Å². The highest BCUT2D eigenvalue weighted by atomic mass is 19.4. The molecule has 1 aliphatic heterocycles. The highest BCUT2D eigenvalue weighted by Crippen LogP contribution is 2.53. The van der Waals surface area contributed by atoms with Crippen LogP contribution in [-0.2, 0) is 11.7 Å². The van der Waals surface area contributed by atoms with Crippen molar-refractivity contribution in [2.24, 2.45) is 5.92 Å². The summed E-state index contributed by atoms with van der Waals surface area (Å²) in [7, 11) is 0. The smallest absolute Gasteiger partial charge is 0.377 e. The van der Waals surface area contributed by atoms with Gasteiger partial charge in [0.05, 0.1) is 29.2 Å².